The van der Waals surface area contributed by atoms with Crippen molar-refractivity contribution in [2.75, 3.05) is 20.7 Å². The molecule has 0 N–H and O–H groups in total. The minimum absolute atomic E-state index is 0.00586. The fourth-order valence-corrected chi connectivity index (χ4v) is 3.09. The lowest BCUT2D eigenvalue weighted by Crippen LogP contribution is -2.55. The molecule has 31 heavy (non-hydrogen) atoms. The van der Waals surface area contributed by atoms with E-state index < -0.39 is 35.3 Å². The molecule has 11 heteroatoms. The molecular weight excluding hydrogens is 412 g/mol. The first-order chi connectivity index (χ1) is 14.6. The summed E-state index contributed by atoms with van der Waals surface area (Å²) in [4.78, 5) is 54.7. The SMILES string of the molecule is CCCCOc1c2c(cc3c1C(=O)C(OC(C)=O)(N(C)C)O3)OC(=NOC(C)=O)C2=O. The van der Waals surface area contributed by atoms with Crippen LogP contribution < -0.4 is 14.2 Å². The smallest absolute Gasteiger partial charge is 0.386 e. The number of nitrogens with zero attached hydrogens (tertiary/aromatic N) is 2. The van der Waals surface area contributed by atoms with Gasteiger partial charge in [0, 0.05) is 19.9 Å². The zero-order valence-corrected chi connectivity index (χ0v) is 17.8. The first kappa shape index (κ1) is 22.2. The Morgan fingerprint density at radius 3 is 2.42 bits per heavy atom. The van der Waals surface area contributed by atoms with Crippen molar-refractivity contribution >= 4 is 29.4 Å². The zero-order chi connectivity index (χ0) is 22.9. The Balaban J connectivity index is 2.13. The summed E-state index contributed by atoms with van der Waals surface area (Å²) >= 11 is 0. The van der Waals surface area contributed by atoms with E-state index in [0.29, 0.717) is 6.42 Å². The molecule has 0 saturated carbocycles. The molecule has 0 bridgehead atoms. The van der Waals surface area contributed by atoms with Crippen molar-refractivity contribution in [3.63, 3.8) is 0 Å². The number of Topliss-reactive ketones (excluding diaryl/α,β-unsaturated/α-hetero) is 2. The molecule has 2 aliphatic rings. The van der Waals surface area contributed by atoms with E-state index in [1.165, 1.54) is 25.1 Å². The molecule has 0 aromatic heterocycles. The normalized spacial score (nSPS) is 20.3. The van der Waals surface area contributed by atoms with Gasteiger partial charge in [0.15, 0.2) is 0 Å². The number of hydrogen-bond acceptors (Lipinski definition) is 11. The molecule has 2 heterocycles. The van der Waals surface area contributed by atoms with Crippen molar-refractivity contribution < 1.29 is 43.0 Å². The summed E-state index contributed by atoms with van der Waals surface area (Å²) in [5.41, 5.74) is -0.120. The Hall–Kier alpha value is -3.47. The Morgan fingerprint density at radius 1 is 1.13 bits per heavy atom. The highest BCUT2D eigenvalue weighted by Gasteiger charge is 2.57. The standard InChI is InChI=1S/C20H22N2O9/c1-6-7-8-27-17-14-12(28-19(16(14)25)21-31-11(3)24)9-13-15(17)18(26)20(30-13,22(4)5)29-10(2)23/h9H,6-8H2,1-5H3. The Bertz CT molecular complexity index is 999. The van der Waals surface area contributed by atoms with Crippen molar-refractivity contribution in [2.45, 2.75) is 39.5 Å². The molecule has 0 aliphatic carbocycles. The predicted molar refractivity (Wildman–Crippen MR) is 104 cm³/mol. The third kappa shape index (κ3) is 3.83. The van der Waals surface area contributed by atoms with Crippen LogP contribution in [0.1, 0.15) is 54.3 Å². The maximum atomic E-state index is 13.4. The minimum Gasteiger partial charge on any atom is -0.492 e. The van der Waals surface area contributed by atoms with Crippen LogP contribution in [0.3, 0.4) is 0 Å². The highest BCUT2D eigenvalue weighted by molar-refractivity contribution is 6.47. The van der Waals surface area contributed by atoms with Gasteiger partial charge in [-0.15, -0.1) is 0 Å². The molecule has 1 aromatic carbocycles. The average molecular weight is 434 g/mol. The van der Waals surface area contributed by atoms with Crippen LogP contribution in [0.4, 0.5) is 0 Å². The van der Waals surface area contributed by atoms with Crippen molar-refractivity contribution in [1.29, 1.82) is 0 Å². The Morgan fingerprint density at radius 2 is 1.84 bits per heavy atom. The number of fused-ring (bicyclic) bond motifs is 2. The van der Waals surface area contributed by atoms with E-state index in [9.17, 15) is 19.2 Å². The largest absolute Gasteiger partial charge is 0.492 e. The molecule has 0 spiro atoms. The Kier molecular flexibility index (Phi) is 5.98. The van der Waals surface area contributed by atoms with E-state index in [-0.39, 0.29) is 35.0 Å². The maximum absolute atomic E-state index is 13.4. The number of likely N-dealkylation sites (N-methyl/N-ethyl adjacent to an activating group) is 1. The fraction of sp³-hybridized carbons (Fsp3) is 0.450. The van der Waals surface area contributed by atoms with Crippen LogP contribution in [-0.4, -0.2) is 60.9 Å². The molecule has 0 saturated heterocycles. The van der Waals surface area contributed by atoms with Crippen molar-refractivity contribution in [2.24, 2.45) is 5.16 Å². The van der Waals surface area contributed by atoms with E-state index >= 15 is 0 Å². The first-order valence-electron chi connectivity index (χ1n) is 9.55. The summed E-state index contributed by atoms with van der Waals surface area (Å²) in [5.74, 6) is -5.51. The van der Waals surface area contributed by atoms with E-state index in [4.69, 9.17) is 18.9 Å². The molecule has 1 aromatic rings. The lowest BCUT2D eigenvalue weighted by molar-refractivity contribution is -0.215. The van der Waals surface area contributed by atoms with Crippen molar-refractivity contribution in [3.05, 3.63) is 17.2 Å². The second-order valence-corrected chi connectivity index (χ2v) is 7.07. The van der Waals surface area contributed by atoms with E-state index in [1.54, 1.807) is 0 Å². The highest BCUT2D eigenvalue weighted by atomic mass is 16.7. The molecule has 0 amide bonds. The molecular formula is C20H22N2O9. The molecule has 3 rings (SSSR count). The second-order valence-electron chi connectivity index (χ2n) is 7.07. The van der Waals surface area contributed by atoms with Crippen LogP contribution >= 0.6 is 0 Å². The lowest BCUT2D eigenvalue weighted by atomic mass is 10.0. The number of rotatable bonds is 7. The van der Waals surface area contributed by atoms with Gasteiger partial charge in [-0.25, -0.2) is 9.69 Å². The lowest BCUT2D eigenvalue weighted by Gasteiger charge is -2.31. The van der Waals surface area contributed by atoms with Gasteiger partial charge in [-0.2, -0.15) is 0 Å². The molecule has 11 nitrogen and oxygen atoms in total. The van der Waals surface area contributed by atoms with Crippen LogP contribution in [0, 0.1) is 0 Å². The predicted octanol–water partition coefficient (Wildman–Crippen LogP) is 1.67. The summed E-state index contributed by atoms with van der Waals surface area (Å²) in [7, 11) is 3.01. The fourth-order valence-electron chi connectivity index (χ4n) is 3.09. The first-order valence-corrected chi connectivity index (χ1v) is 9.55. The van der Waals surface area contributed by atoms with Crippen LogP contribution in [0.15, 0.2) is 11.2 Å². The number of carbonyl (C=O) groups excluding carboxylic acids is 4. The van der Waals surface area contributed by atoms with Crippen LogP contribution in [0.2, 0.25) is 0 Å². The summed E-state index contributed by atoms with van der Waals surface area (Å²) in [6.07, 6.45) is 1.46. The maximum Gasteiger partial charge on any atom is 0.386 e. The molecule has 0 radical (unpaired) electrons. The van der Waals surface area contributed by atoms with Crippen LogP contribution in [0.25, 0.3) is 0 Å². The summed E-state index contributed by atoms with van der Waals surface area (Å²) in [6, 6.07) is 1.30. The summed E-state index contributed by atoms with van der Waals surface area (Å²) in [6.45, 7) is 4.42. The average Bonchev–Trinajstić information content (AvgIpc) is 3.14. The monoisotopic (exact) mass is 434 g/mol. The zero-order valence-electron chi connectivity index (χ0n) is 17.8. The molecule has 0 fully saturated rings. The summed E-state index contributed by atoms with van der Waals surface area (Å²) in [5, 5.41) is 3.41. The van der Waals surface area contributed by atoms with E-state index in [0.717, 1.165) is 20.3 Å². The van der Waals surface area contributed by atoms with Gasteiger partial charge in [0.1, 0.15) is 28.4 Å². The van der Waals surface area contributed by atoms with Crippen LogP contribution in [-0.2, 0) is 19.2 Å². The van der Waals surface area contributed by atoms with Gasteiger partial charge in [0.25, 0.3) is 11.6 Å². The number of unbranched alkanes of at least 4 members (excludes halogenated alkanes) is 1. The number of oxime groups is 1. The van der Waals surface area contributed by atoms with Crippen molar-refractivity contribution in [1.82, 2.24) is 4.90 Å². The number of benzene rings is 1. The van der Waals surface area contributed by atoms with Gasteiger partial charge >= 0.3 is 23.7 Å². The van der Waals surface area contributed by atoms with Gasteiger partial charge in [-0.1, -0.05) is 13.3 Å². The van der Waals surface area contributed by atoms with Crippen LogP contribution in [0.5, 0.6) is 17.2 Å². The third-order valence-electron chi connectivity index (χ3n) is 4.47. The van der Waals surface area contributed by atoms with Gasteiger partial charge in [0.05, 0.1) is 6.61 Å². The van der Waals surface area contributed by atoms with Gasteiger partial charge in [0.2, 0.25) is 0 Å². The second kappa shape index (κ2) is 8.34. The highest BCUT2D eigenvalue weighted by Crippen LogP contribution is 2.49. The quantitative estimate of drug-likeness (QED) is 0.205. The van der Waals surface area contributed by atoms with E-state index in [2.05, 4.69) is 9.99 Å². The number of ketones is 2. The number of carbonyl (C=O) groups is 4. The molecule has 2 aliphatic heterocycles. The van der Waals surface area contributed by atoms with Crippen molar-refractivity contribution in [3.8, 4) is 17.2 Å². The minimum atomic E-state index is -2.05. The topological polar surface area (TPSA) is 130 Å². The third-order valence-corrected chi connectivity index (χ3v) is 4.47. The number of hydrogen-bond donors (Lipinski definition) is 0. The number of ether oxygens (including phenoxy) is 4. The Labute approximate surface area is 177 Å². The summed E-state index contributed by atoms with van der Waals surface area (Å²) < 4.78 is 22.2. The molecule has 1 atom stereocenters. The van der Waals surface area contributed by atoms with Gasteiger partial charge < -0.3 is 23.8 Å². The van der Waals surface area contributed by atoms with Gasteiger partial charge in [-0.3, -0.25) is 14.4 Å². The molecule has 1 unspecified atom stereocenters. The van der Waals surface area contributed by atoms with Gasteiger partial charge in [-0.05, 0) is 25.7 Å². The molecule has 166 valence electrons. The number of esters is 1. The van der Waals surface area contributed by atoms with E-state index in [1.807, 2.05) is 6.92 Å².